The van der Waals surface area contributed by atoms with E-state index < -0.39 is 0 Å². The third-order valence-electron chi connectivity index (χ3n) is 4.96. The molecule has 0 saturated carbocycles. The lowest BCUT2D eigenvalue weighted by molar-refractivity contribution is -0.927. The molecule has 2 nitrogen and oxygen atoms in total. The first-order valence-corrected chi connectivity index (χ1v) is 8.53. The molecule has 112 valence electrons. The highest BCUT2D eigenvalue weighted by Gasteiger charge is 2.39. The quantitative estimate of drug-likeness (QED) is 0.526. The summed E-state index contributed by atoms with van der Waals surface area (Å²) in [4.78, 5) is 0. The lowest BCUT2D eigenvalue weighted by Gasteiger charge is -2.36. The Morgan fingerprint density at radius 3 is 2.80 bits per heavy atom. The fraction of sp³-hybridized carbons (Fsp3) is 0.722. The van der Waals surface area contributed by atoms with Crippen LogP contribution in [0, 0.1) is 0 Å². The van der Waals surface area contributed by atoms with Crippen molar-refractivity contribution in [3.8, 4) is 0 Å². The van der Waals surface area contributed by atoms with E-state index in [1.165, 1.54) is 56.1 Å². The second-order valence-corrected chi connectivity index (χ2v) is 6.67. The van der Waals surface area contributed by atoms with Crippen LogP contribution in [-0.4, -0.2) is 24.6 Å². The number of hydrogen-bond donors (Lipinski definition) is 0. The molecule has 1 aliphatic heterocycles. The van der Waals surface area contributed by atoms with Crippen LogP contribution in [0.4, 0.5) is 0 Å². The second kappa shape index (κ2) is 7.21. The minimum absolute atomic E-state index is 0.718. The maximum atomic E-state index is 2.47. The topological polar surface area (TPSA) is 3.88 Å². The van der Waals surface area contributed by atoms with Gasteiger partial charge in [0.2, 0.25) is 0 Å². The van der Waals surface area contributed by atoms with Crippen molar-refractivity contribution in [2.24, 2.45) is 0 Å². The number of hydrogen-bond acceptors (Lipinski definition) is 0. The van der Waals surface area contributed by atoms with Crippen LogP contribution in [0.3, 0.4) is 0 Å². The predicted molar refractivity (Wildman–Crippen MR) is 84.3 cm³/mol. The molecule has 0 N–H and O–H groups in total. The van der Waals surface area contributed by atoms with Crippen LogP contribution in [0.1, 0.15) is 64.0 Å². The predicted octanol–water partition coefficient (Wildman–Crippen LogP) is 3.86. The highest BCUT2D eigenvalue weighted by Crippen LogP contribution is 2.37. The molecule has 2 heteroatoms. The fourth-order valence-electron chi connectivity index (χ4n) is 3.65. The van der Waals surface area contributed by atoms with Crippen LogP contribution < -0.4 is 4.57 Å². The summed E-state index contributed by atoms with van der Waals surface area (Å²) in [6.07, 6.45) is 12.6. The van der Waals surface area contributed by atoms with Crippen molar-refractivity contribution in [3.05, 3.63) is 30.1 Å². The number of aryl methyl sites for hydroxylation is 1. The lowest BCUT2D eigenvalue weighted by Crippen LogP contribution is -2.44. The minimum atomic E-state index is 0.718. The first-order chi connectivity index (χ1) is 9.69. The average molecular weight is 276 g/mol. The molecule has 1 saturated heterocycles. The number of quaternary nitrogens is 1. The second-order valence-electron chi connectivity index (χ2n) is 6.67. The molecule has 1 unspecified atom stereocenters. The van der Waals surface area contributed by atoms with E-state index in [0.717, 1.165) is 12.6 Å². The smallest absolute Gasteiger partial charge is 0.177 e. The maximum Gasteiger partial charge on any atom is 0.177 e. The van der Waals surface area contributed by atoms with Gasteiger partial charge in [-0.3, -0.25) is 0 Å². The Bertz CT molecular complexity index is 416. The third kappa shape index (κ3) is 3.60. The maximum absolute atomic E-state index is 2.47. The minimum Gasteiger partial charge on any atom is -0.320 e. The number of nitrogens with zero attached hydrogens (tertiary/aromatic N) is 2. The fourth-order valence-corrected chi connectivity index (χ4v) is 3.65. The number of unbranched alkanes of at least 4 members (excludes halogenated alkanes) is 2. The monoisotopic (exact) mass is 276 g/mol. The molecule has 1 aromatic rings. The van der Waals surface area contributed by atoms with Gasteiger partial charge < -0.3 is 4.48 Å². The molecule has 2 rings (SSSR count). The van der Waals surface area contributed by atoms with Crippen LogP contribution in [0.2, 0.25) is 0 Å². The molecule has 2 heterocycles. The zero-order chi connectivity index (χ0) is 14.4. The van der Waals surface area contributed by atoms with E-state index in [1.807, 2.05) is 0 Å². The third-order valence-corrected chi connectivity index (χ3v) is 4.96. The summed E-state index contributed by atoms with van der Waals surface area (Å²) in [6, 6.07) is 5.31. The summed E-state index contributed by atoms with van der Waals surface area (Å²) in [5.41, 5.74) is 1.56. The molecular formula is C18H32N2+2. The largest absolute Gasteiger partial charge is 0.320 e. The van der Waals surface area contributed by atoms with Crippen LogP contribution in [0.15, 0.2) is 24.5 Å². The molecule has 1 aliphatic rings. The Labute approximate surface area is 125 Å². The Morgan fingerprint density at radius 1 is 1.25 bits per heavy atom. The summed E-state index contributed by atoms with van der Waals surface area (Å²) in [5, 5.41) is 0. The highest BCUT2D eigenvalue weighted by molar-refractivity contribution is 5.10. The van der Waals surface area contributed by atoms with Gasteiger partial charge in [0.1, 0.15) is 12.6 Å². The van der Waals surface area contributed by atoms with Crippen molar-refractivity contribution < 1.29 is 9.05 Å². The van der Waals surface area contributed by atoms with Gasteiger partial charge >= 0.3 is 0 Å². The van der Waals surface area contributed by atoms with Crippen molar-refractivity contribution >= 4 is 0 Å². The van der Waals surface area contributed by atoms with Crippen molar-refractivity contribution in [1.29, 1.82) is 0 Å². The van der Waals surface area contributed by atoms with Crippen LogP contribution in [0.25, 0.3) is 0 Å². The molecule has 0 amide bonds. The van der Waals surface area contributed by atoms with Gasteiger partial charge in [0, 0.05) is 25.3 Å². The Balaban J connectivity index is 2.12. The number of likely N-dealkylation sites (tertiary alicyclic amines) is 1. The molecule has 0 radical (unpaired) electrons. The van der Waals surface area contributed by atoms with E-state index in [4.69, 9.17) is 0 Å². The molecule has 1 fully saturated rings. The Morgan fingerprint density at radius 2 is 2.05 bits per heavy atom. The van der Waals surface area contributed by atoms with Crippen molar-refractivity contribution in [1.82, 2.24) is 0 Å². The number of pyridine rings is 1. The highest BCUT2D eigenvalue weighted by atomic mass is 15.4. The summed E-state index contributed by atoms with van der Waals surface area (Å²) in [5.74, 6) is 0. The Hall–Kier alpha value is -0.890. The SMILES string of the molecule is CCCC[n+]1cccc([C@@H]2CCC[N+]2(C)CCCC)c1. The van der Waals surface area contributed by atoms with E-state index in [-0.39, 0.29) is 0 Å². The zero-order valence-electron chi connectivity index (χ0n) is 13.6. The van der Waals surface area contributed by atoms with Gasteiger partial charge in [-0.2, -0.15) is 0 Å². The number of aromatic nitrogens is 1. The first-order valence-electron chi connectivity index (χ1n) is 8.53. The molecular weight excluding hydrogens is 244 g/mol. The summed E-state index contributed by atoms with van der Waals surface area (Å²) >= 11 is 0. The van der Waals surface area contributed by atoms with E-state index >= 15 is 0 Å². The van der Waals surface area contributed by atoms with Crippen molar-refractivity contribution in [2.75, 3.05) is 20.1 Å². The normalized spacial score (nSPS) is 26.1. The molecule has 0 spiro atoms. The van der Waals surface area contributed by atoms with Gasteiger partial charge in [0.05, 0.1) is 25.7 Å². The molecule has 1 aromatic heterocycles. The van der Waals surface area contributed by atoms with Gasteiger partial charge in [-0.25, -0.2) is 4.57 Å². The van der Waals surface area contributed by atoms with Crippen molar-refractivity contribution in [2.45, 2.75) is 65.0 Å². The summed E-state index contributed by atoms with van der Waals surface area (Å²) < 4.78 is 3.65. The Kier molecular flexibility index (Phi) is 5.59. The van der Waals surface area contributed by atoms with E-state index in [9.17, 15) is 0 Å². The average Bonchev–Trinajstić information content (AvgIpc) is 2.85. The van der Waals surface area contributed by atoms with Crippen LogP contribution >= 0.6 is 0 Å². The standard InChI is InChI=1S/C18H32N2/c1-4-6-12-19-13-8-10-17(16-19)18-11-9-15-20(18,3)14-7-5-2/h8,10,13,16,18H,4-7,9,11-12,14-15H2,1-3H3/q+2/t18-,20?/m0/s1. The van der Waals surface area contributed by atoms with E-state index in [0.29, 0.717) is 0 Å². The van der Waals surface area contributed by atoms with Crippen molar-refractivity contribution in [3.63, 3.8) is 0 Å². The summed E-state index contributed by atoms with van der Waals surface area (Å²) in [7, 11) is 2.47. The molecule has 0 aliphatic carbocycles. The van der Waals surface area contributed by atoms with Gasteiger partial charge in [-0.1, -0.05) is 26.7 Å². The van der Waals surface area contributed by atoms with Crippen LogP contribution in [-0.2, 0) is 6.54 Å². The van der Waals surface area contributed by atoms with E-state index in [2.05, 4.69) is 50.0 Å². The lowest BCUT2D eigenvalue weighted by atomic mass is 10.0. The van der Waals surface area contributed by atoms with Crippen LogP contribution in [0.5, 0.6) is 0 Å². The van der Waals surface area contributed by atoms with Gasteiger partial charge in [-0.15, -0.1) is 0 Å². The van der Waals surface area contributed by atoms with Gasteiger partial charge in [-0.05, 0) is 12.5 Å². The molecule has 0 bridgehead atoms. The van der Waals surface area contributed by atoms with Gasteiger partial charge in [0.15, 0.2) is 12.4 Å². The van der Waals surface area contributed by atoms with Gasteiger partial charge in [0.25, 0.3) is 0 Å². The molecule has 2 atom stereocenters. The first kappa shape index (κ1) is 15.5. The summed E-state index contributed by atoms with van der Waals surface area (Å²) in [6.45, 7) is 8.42. The van der Waals surface area contributed by atoms with E-state index in [1.54, 1.807) is 5.56 Å². The number of rotatable bonds is 7. The molecule has 0 aromatic carbocycles. The molecule has 20 heavy (non-hydrogen) atoms. The zero-order valence-corrected chi connectivity index (χ0v) is 13.6.